The molecule has 0 radical (unpaired) electrons. The van der Waals surface area contributed by atoms with Crippen LogP contribution in [0.4, 0.5) is 0 Å². The third-order valence-corrected chi connectivity index (χ3v) is 3.27. The number of carbonyl (C=O) groups is 2. The summed E-state index contributed by atoms with van der Waals surface area (Å²) >= 11 is 0. The maximum Gasteiger partial charge on any atom is 0.307 e. The molecule has 0 heterocycles. The van der Waals surface area contributed by atoms with Gasteiger partial charge < -0.3 is 10.0 Å². The van der Waals surface area contributed by atoms with Gasteiger partial charge in [-0.3, -0.25) is 9.59 Å². The Bertz CT molecular complexity index is 405. The molecule has 0 aromatic rings. The van der Waals surface area contributed by atoms with E-state index in [1.54, 1.807) is 0 Å². The highest BCUT2D eigenvalue weighted by molar-refractivity contribution is 5.85. The number of amides is 1. The van der Waals surface area contributed by atoms with Crippen molar-refractivity contribution >= 4 is 11.9 Å². The number of carbonyl (C=O) groups excluding carboxylic acids is 1. The van der Waals surface area contributed by atoms with Crippen LogP contribution in [-0.4, -0.2) is 35.0 Å². The van der Waals surface area contributed by atoms with Crippen molar-refractivity contribution < 1.29 is 14.7 Å². The van der Waals surface area contributed by atoms with Gasteiger partial charge in [-0.25, -0.2) is 0 Å². The van der Waals surface area contributed by atoms with Crippen LogP contribution >= 0.6 is 0 Å². The van der Waals surface area contributed by atoms with Crippen LogP contribution in [0.5, 0.6) is 0 Å². The largest absolute Gasteiger partial charge is 0.481 e. The molecule has 1 aliphatic carbocycles. The predicted octanol–water partition coefficient (Wildman–Crippen LogP) is 0.609. The lowest BCUT2D eigenvalue weighted by Gasteiger charge is -2.22. The normalized spacial score (nSPS) is 26.1. The van der Waals surface area contributed by atoms with Crippen molar-refractivity contribution in [3.8, 4) is 12.1 Å². The molecule has 0 aliphatic heterocycles. The van der Waals surface area contributed by atoms with Gasteiger partial charge in [0.1, 0.15) is 13.1 Å². The first kappa shape index (κ1) is 14.0. The summed E-state index contributed by atoms with van der Waals surface area (Å²) in [5, 5.41) is 26.3. The summed E-state index contributed by atoms with van der Waals surface area (Å²) in [7, 11) is 0. The van der Waals surface area contributed by atoms with Crippen molar-refractivity contribution in [1.82, 2.24) is 4.90 Å². The molecule has 3 atom stereocenters. The average Bonchev–Trinajstić information content (AvgIpc) is 2.70. The van der Waals surface area contributed by atoms with E-state index in [0.29, 0.717) is 12.8 Å². The maximum atomic E-state index is 12.1. The van der Waals surface area contributed by atoms with E-state index in [1.165, 1.54) is 0 Å². The van der Waals surface area contributed by atoms with Crippen molar-refractivity contribution in [3.63, 3.8) is 0 Å². The number of nitriles is 2. The third kappa shape index (κ3) is 2.98. The number of aliphatic carboxylic acids is 1. The average molecular weight is 249 g/mol. The Morgan fingerprint density at radius 3 is 2.17 bits per heavy atom. The van der Waals surface area contributed by atoms with E-state index in [-0.39, 0.29) is 19.0 Å². The number of hydrogen-bond acceptors (Lipinski definition) is 4. The Balaban J connectivity index is 2.84. The van der Waals surface area contributed by atoms with Crippen molar-refractivity contribution in [1.29, 1.82) is 10.5 Å². The Kier molecular flexibility index (Phi) is 4.67. The molecule has 0 aromatic heterocycles. The van der Waals surface area contributed by atoms with E-state index < -0.39 is 23.7 Å². The second kappa shape index (κ2) is 6.02. The fraction of sp³-hybridized carbons (Fsp3) is 0.667. The molecule has 1 N–H and O–H groups in total. The molecule has 6 heteroatoms. The number of nitrogens with zero attached hydrogens (tertiary/aromatic N) is 3. The van der Waals surface area contributed by atoms with Crippen LogP contribution in [0.2, 0.25) is 0 Å². The number of rotatable bonds is 4. The summed E-state index contributed by atoms with van der Waals surface area (Å²) in [4.78, 5) is 24.4. The van der Waals surface area contributed by atoms with Crippen LogP contribution < -0.4 is 0 Å². The lowest BCUT2D eigenvalue weighted by molar-refractivity contribution is -0.148. The molecule has 0 saturated heterocycles. The molecule has 1 aliphatic rings. The Labute approximate surface area is 105 Å². The smallest absolute Gasteiger partial charge is 0.307 e. The second-order valence-electron chi connectivity index (χ2n) is 4.64. The lowest BCUT2D eigenvalue weighted by atomic mass is 9.95. The molecule has 0 bridgehead atoms. The van der Waals surface area contributed by atoms with Crippen molar-refractivity contribution in [2.24, 2.45) is 17.8 Å². The summed E-state index contributed by atoms with van der Waals surface area (Å²) in [6.45, 7) is 1.55. The summed E-state index contributed by atoms with van der Waals surface area (Å²) in [6, 6.07) is 3.64. The summed E-state index contributed by atoms with van der Waals surface area (Å²) < 4.78 is 0. The van der Waals surface area contributed by atoms with Gasteiger partial charge in [-0.2, -0.15) is 10.5 Å². The van der Waals surface area contributed by atoms with Crippen LogP contribution in [0.3, 0.4) is 0 Å². The second-order valence-corrected chi connectivity index (χ2v) is 4.64. The van der Waals surface area contributed by atoms with Crippen LogP contribution in [0, 0.1) is 40.4 Å². The Morgan fingerprint density at radius 2 is 1.72 bits per heavy atom. The van der Waals surface area contributed by atoms with Gasteiger partial charge in [0.15, 0.2) is 0 Å². The quantitative estimate of drug-likeness (QED) is 0.735. The predicted molar refractivity (Wildman–Crippen MR) is 60.8 cm³/mol. The number of carboxylic acids is 1. The van der Waals surface area contributed by atoms with Crippen molar-refractivity contribution in [3.05, 3.63) is 0 Å². The molecule has 1 saturated carbocycles. The SMILES string of the molecule is CC1C[C@H](C(=O)N(CC#N)CC#N)[C@H](C(=O)O)C1. The van der Waals surface area contributed by atoms with E-state index >= 15 is 0 Å². The van der Waals surface area contributed by atoms with Crippen molar-refractivity contribution in [2.45, 2.75) is 19.8 Å². The minimum absolute atomic E-state index is 0.172. The zero-order chi connectivity index (χ0) is 13.7. The third-order valence-electron chi connectivity index (χ3n) is 3.27. The van der Waals surface area contributed by atoms with Crippen LogP contribution in [0.25, 0.3) is 0 Å². The van der Waals surface area contributed by atoms with Gasteiger partial charge >= 0.3 is 5.97 Å². The first-order valence-corrected chi connectivity index (χ1v) is 5.76. The maximum absolute atomic E-state index is 12.1. The van der Waals surface area contributed by atoms with Gasteiger partial charge in [-0.1, -0.05) is 6.92 Å². The van der Waals surface area contributed by atoms with E-state index in [2.05, 4.69) is 0 Å². The topological polar surface area (TPSA) is 105 Å². The molecule has 1 fully saturated rings. The Hall–Kier alpha value is -2.08. The monoisotopic (exact) mass is 249 g/mol. The van der Waals surface area contributed by atoms with Crippen LogP contribution in [0.1, 0.15) is 19.8 Å². The van der Waals surface area contributed by atoms with Crippen LogP contribution in [-0.2, 0) is 9.59 Å². The number of carboxylic acid groups (broad SMARTS) is 1. The molecule has 6 nitrogen and oxygen atoms in total. The standard InChI is InChI=1S/C12H15N3O3/c1-8-6-9(10(7-8)12(17)18)11(16)15(4-2-13)5-3-14/h8-10H,4-7H2,1H3,(H,17,18)/t8?,9-,10+/m0/s1. The van der Waals surface area contributed by atoms with Crippen molar-refractivity contribution in [2.75, 3.05) is 13.1 Å². The van der Waals surface area contributed by atoms with E-state index in [9.17, 15) is 9.59 Å². The first-order valence-electron chi connectivity index (χ1n) is 5.76. The van der Waals surface area contributed by atoms with Gasteiger partial charge in [-0.15, -0.1) is 0 Å². The van der Waals surface area contributed by atoms with Gasteiger partial charge in [0.25, 0.3) is 0 Å². The van der Waals surface area contributed by atoms with E-state index in [1.807, 2.05) is 19.1 Å². The molecule has 0 aromatic carbocycles. The van der Waals surface area contributed by atoms with Gasteiger partial charge in [-0.05, 0) is 18.8 Å². The highest BCUT2D eigenvalue weighted by Gasteiger charge is 2.42. The molecular weight excluding hydrogens is 234 g/mol. The van der Waals surface area contributed by atoms with Gasteiger partial charge in [0.2, 0.25) is 5.91 Å². The minimum Gasteiger partial charge on any atom is -0.481 e. The minimum atomic E-state index is -0.980. The van der Waals surface area contributed by atoms with E-state index in [4.69, 9.17) is 15.6 Å². The molecule has 1 rings (SSSR count). The van der Waals surface area contributed by atoms with E-state index in [0.717, 1.165) is 4.90 Å². The Morgan fingerprint density at radius 1 is 1.22 bits per heavy atom. The lowest BCUT2D eigenvalue weighted by Crippen LogP contribution is -2.39. The molecule has 96 valence electrons. The summed E-state index contributed by atoms with van der Waals surface area (Å²) in [6.07, 6.45) is 0.974. The zero-order valence-electron chi connectivity index (χ0n) is 10.2. The zero-order valence-corrected chi connectivity index (χ0v) is 10.2. The van der Waals surface area contributed by atoms with Gasteiger partial charge in [0, 0.05) is 0 Å². The fourth-order valence-electron chi connectivity index (χ4n) is 2.45. The van der Waals surface area contributed by atoms with Gasteiger partial charge in [0.05, 0.1) is 24.0 Å². The fourth-order valence-corrected chi connectivity index (χ4v) is 2.45. The first-order chi connectivity index (χ1) is 8.51. The summed E-state index contributed by atoms with van der Waals surface area (Å²) in [5.41, 5.74) is 0. The molecule has 1 unspecified atom stereocenters. The number of hydrogen-bond donors (Lipinski definition) is 1. The summed E-state index contributed by atoms with van der Waals surface area (Å²) in [5.74, 6) is -2.51. The highest BCUT2D eigenvalue weighted by Crippen LogP contribution is 2.37. The molecule has 1 amide bonds. The molecule has 18 heavy (non-hydrogen) atoms. The molecular formula is C12H15N3O3. The highest BCUT2D eigenvalue weighted by atomic mass is 16.4. The van der Waals surface area contributed by atoms with Crippen LogP contribution in [0.15, 0.2) is 0 Å². The molecule has 0 spiro atoms.